The van der Waals surface area contributed by atoms with E-state index in [9.17, 15) is 9.18 Å². The zero-order chi connectivity index (χ0) is 20.0. The van der Waals surface area contributed by atoms with Crippen LogP contribution in [0.3, 0.4) is 0 Å². The minimum atomic E-state index is -1.05. The first-order valence-corrected chi connectivity index (χ1v) is 8.90. The van der Waals surface area contributed by atoms with Crippen LogP contribution in [-0.2, 0) is 4.79 Å². The molecule has 0 bridgehead atoms. The number of amides is 1. The van der Waals surface area contributed by atoms with Crippen molar-refractivity contribution in [1.29, 1.82) is 0 Å². The molecule has 1 amide bonds. The Kier molecular flexibility index (Phi) is 4.22. The SMILES string of the molecule is C=C(N)c1ccc(-c2cc3cc(NC(=O)[C@H]4C[C@H]4F)ncc3c(N)n2)c(C)c1. The zero-order valence-electron chi connectivity index (χ0n) is 15.4. The first kappa shape index (κ1) is 17.9. The molecule has 1 aliphatic carbocycles. The molecule has 5 N–H and O–H groups in total. The number of pyridine rings is 2. The number of carbonyl (C=O) groups excluding carboxylic acids is 1. The van der Waals surface area contributed by atoms with E-state index in [2.05, 4.69) is 21.9 Å². The first-order valence-electron chi connectivity index (χ1n) is 8.90. The molecule has 0 spiro atoms. The molecular formula is C21H20FN5O. The molecule has 0 aliphatic heterocycles. The van der Waals surface area contributed by atoms with Gasteiger partial charge in [0.2, 0.25) is 5.91 Å². The zero-order valence-corrected chi connectivity index (χ0v) is 15.4. The van der Waals surface area contributed by atoms with Gasteiger partial charge in [0.15, 0.2) is 0 Å². The second kappa shape index (κ2) is 6.60. The molecule has 3 aromatic rings. The van der Waals surface area contributed by atoms with E-state index in [0.717, 1.165) is 22.1 Å². The van der Waals surface area contributed by atoms with Gasteiger partial charge in [-0.15, -0.1) is 0 Å². The fourth-order valence-corrected chi connectivity index (χ4v) is 3.19. The van der Waals surface area contributed by atoms with Crippen LogP contribution in [0.4, 0.5) is 16.0 Å². The van der Waals surface area contributed by atoms with Crippen molar-refractivity contribution in [2.24, 2.45) is 11.7 Å². The number of anilines is 2. The van der Waals surface area contributed by atoms with Crippen LogP contribution in [0.15, 0.2) is 43.1 Å². The Balaban J connectivity index is 1.72. The number of nitrogens with zero attached hydrogens (tertiary/aromatic N) is 2. The molecule has 0 saturated heterocycles. The average molecular weight is 377 g/mol. The van der Waals surface area contributed by atoms with Crippen LogP contribution in [0.1, 0.15) is 17.5 Å². The number of alkyl halides is 1. The number of nitrogens with one attached hydrogen (secondary N) is 1. The smallest absolute Gasteiger partial charge is 0.231 e. The number of halogens is 1. The highest BCUT2D eigenvalue weighted by Gasteiger charge is 2.43. The van der Waals surface area contributed by atoms with Crippen LogP contribution in [0.2, 0.25) is 0 Å². The van der Waals surface area contributed by atoms with Gasteiger partial charge in [0.25, 0.3) is 0 Å². The lowest BCUT2D eigenvalue weighted by Gasteiger charge is -2.11. The van der Waals surface area contributed by atoms with E-state index < -0.39 is 12.1 Å². The third kappa shape index (κ3) is 3.26. The molecule has 7 heteroatoms. The highest BCUT2D eigenvalue weighted by atomic mass is 19.1. The molecule has 28 heavy (non-hydrogen) atoms. The molecule has 1 saturated carbocycles. The van der Waals surface area contributed by atoms with Crippen molar-refractivity contribution in [3.63, 3.8) is 0 Å². The molecule has 2 aromatic heterocycles. The second-order valence-corrected chi connectivity index (χ2v) is 7.09. The van der Waals surface area contributed by atoms with Crippen LogP contribution in [0.25, 0.3) is 27.7 Å². The van der Waals surface area contributed by atoms with Crippen molar-refractivity contribution >= 4 is 34.0 Å². The summed E-state index contributed by atoms with van der Waals surface area (Å²) in [6.45, 7) is 5.72. The minimum Gasteiger partial charge on any atom is -0.399 e. The average Bonchev–Trinajstić information content (AvgIpc) is 3.38. The van der Waals surface area contributed by atoms with Crippen molar-refractivity contribution in [2.75, 3.05) is 11.1 Å². The van der Waals surface area contributed by atoms with Gasteiger partial charge in [-0.1, -0.05) is 18.7 Å². The van der Waals surface area contributed by atoms with E-state index >= 15 is 0 Å². The van der Waals surface area contributed by atoms with Crippen molar-refractivity contribution in [1.82, 2.24) is 9.97 Å². The van der Waals surface area contributed by atoms with Crippen LogP contribution in [0.5, 0.6) is 0 Å². The number of rotatable bonds is 4. The summed E-state index contributed by atoms with van der Waals surface area (Å²) in [6.07, 6.45) is 0.776. The Morgan fingerprint density at radius 3 is 2.71 bits per heavy atom. The van der Waals surface area contributed by atoms with E-state index in [1.54, 1.807) is 12.3 Å². The van der Waals surface area contributed by atoms with E-state index in [1.165, 1.54) is 0 Å². The van der Waals surface area contributed by atoms with Crippen LogP contribution in [-0.4, -0.2) is 22.0 Å². The summed E-state index contributed by atoms with van der Waals surface area (Å²) < 4.78 is 13.1. The van der Waals surface area contributed by atoms with Gasteiger partial charge in [-0.05, 0) is 48.1 Å². The highest BCUT2D eigenvalue weighted by Crippen LogP contribution is 2.35. The van der Waals surface area contributed by atoms with Gasteiger partial charge >= 0.3 is 0 Å². The van der Waals surface area contributed by atoms with E-state index in [1.807, 2.05) is 31.2 Å². The van der Waals surface area contributed by atoms with Gasteiger partial charge in [-0.2, -0.15) is 0 Å². The van der Waals surface area contributed by atoms with Crippen molar-refractivity contribution in [2.45, 2.75) is 19.5 Å². The maximum Gasteiger partial charge on any atom is 0.231 e. The van der Waals surface area contributed by atoms with E-state index in [-0.39, 0.29) is 12.3 Å². The number of aryl methyl sites for hydroxylation is 1. The maximum absolute atomic E-state index is 13.1. The van der Waals surface area contributed by atoms with Crippen LogP contribution >= 0.6 is 0 Å². The number of hydrogen-bond donors (Lipinski definition) is 3. The quantitative estimate of drug-likeness (QED) is 0.646. The lowest BCUT2D eigenvalue weighted by atomic mass is 10.00. The summed E-state index contributed by atoms with van der Waals surface area (Å²) >= 11 is 0. The van der Waals surface area contributed by atoms with Crippen LogP contribution < -0.4 is 16.8 Å². The third-order valence-electron chi connectivity index (χ3n) is 4.92. The topological polar surface area (TPSA) is 107 Å². The number of fused-ring (bicyclic) bond motifs is 1. The lowest BCUT2D eigenvalue weighted by Crippen LogP contribution is -2.15. The van der Waals surface area contributed by atoms with Gasteiger partial charge in [0.1, 0.15) is 17.8 Å². The number of carbonyl (C=O) groups is 1. The second-order valence-electron chi connectivity index (χ2n) is 7.09. The fraction of sp³-hybridized carbons (Fsp3) is 0.190. The molecule has 142 valence electrons. The molecular weight excluding hydrogens is 357 g/mol. The summed E-state index contributed by atoms with van der Waals surface area (Å²) in [7, 11) is 0. The normalized spacial score (nSPS) is 18.1. The molecule has 0 radical (unpaired) electrons. The molecule has 4 rings (SSSR count). The molecule has 6 nitrogen and oxygen atoms in total. The van der Waals surface area contributed by atoms with Gasteiger partial charge in [-0.3, -0.25) is 4.79 Å². The van der Waals surface area contributed by atoms with Crippen molar-refractivity contribution in [3.05, 3.63) is 54.2 Å². The fourth-order valence-electron chi connectivity index (χ4n) is 3.19. The lowest BCUT2D eigenvalue weighted by molar-refractivity contribution is -0.117. The Hall–Kier alpha value is -3.48. The first-order chi connectivity index (χ1) is 13.3. The molecule has 1 aromatic carbocycles. The predicted molar refractivity (Wildman–Crippen MR) is 109 cm³/mol. The summed E-state index contributed by atoms with van der Waals surface area (Å²) in [5.74, 6) is -0.223. The van der Waals surface area contributed by atoms with Crippen LogP contribution in [0, 0.1) is 12.8 Å². The molecule has 2 heterocycles. The summed E-state index contributed by atoms with van der Waals surface area (Å²) in [5.41, 5.74) is 15.9. The van der Waals surface area contributed by atoms with E-state index in [0.29, 0.717) is 28.4 Å². The Morgan fingerprint density at radius 1 is 1.32 bits per heavy atom. The highest BCUT2D eigenvalue weighted by molar-refractivity contribution is 5.98. The van der Waals surface area contributed by atoms with Crippen molar-refractivity contribution < 1.29 is 9.18 Å². The van der Waals surface area contributed by atoms with Gasteiger partial charge < -0.3 is 16.8 Å². The largest absolute Gasteiger partial charge is 0.399 e. The number of nitrogens with two attached hydrogens (primary N) is 2. The Labute approximate surface area is 161 Å². The van der Waals surface area contributed by atoms with Crippen molar-refractivity contribution in [3.8, 4) is 11.3 Å². The summed E-state index contributed by atoms with van der Waals surface area (Å²) in [4.78, 5) is 20.7. The number of aromatic nitrogens is 2. The van der Waals surface area contributed by atoms with E-state index in [4.69, 9.17) is 11.5 Å². The maximum atomic E-state index is 13.1. The number of benzene rings is 1. The predicted octanol–water partition coefficient (Wildman–Crippen LogP) is 3.41. The molecule has 1 aliphatic rings. The standard InChI is InChI=1S/C21H20FN5O/c1-10-5-12(11(2)23)3-4-14(10)18-6-13-7-19(25-9-16(13)20(24)26-18)27-21(28)15-8-17(15)22/h3-7,9,15,17H,2,8,23H2,1H3,(H2,24,26)(H,25,27,28)/t15-,17+/m0/s1. The minimum absolute atomic E-state index is 0.269. The van der Waals surface area contributed by atoms with Gasteiger partial charge in [0.05, 0.1) is 11.6 Å². The van der Waals surface area contributed by atoms with Gasteiger partial charge in [0, 0.05) is 22.8 Å². The third-order valence-corrected chi connectivity index (χ3v) is 4.92. The Morgan fingerprint density at radius 2 is 2.07 bits per heavy atom. The van der Waals surface area contributed by atoms with Gasteiger partial charge in [-0.25, -0.2) is 14.4 Å². The Bertz CT molecular complexity index is 1130. The summed E-state index contributed by atoms with van der Waals surface area (Å²) in [5, 5.41) is 4.13. The monoisotopic (exact) mass is 377 g/mol. The molecule has 0 unspecified atom stereocenters. The number of hydrogen-bond acceptors (Lipinski definition) is 5. The molecule has 1 fully saturated rings. The molecule has 2 atom stereocenters. The summed E-state index contributed by atoms with van der Waals surface area (Å²) in [6, 6.07) is 9.36. The number of nitrogen functional groups attached to an aromatic ring is 1.